The molecule has 1 rings (SSSR count). The van der Waals surface area contributed by atoms with Gasteiger partial charge in [0.25, 0.3) is 6.29 Å². The van der Waals surface area contributed by atoms with Crippen LogP contribution in [0.2, 0.25) is 0 Å². The number of ether oxygens (including phenoxy) is 3. The first-order valence-corrected chi connectivity index (χ1v) is 4.10. The lowest BCUT2D eigenvalue weighted by Crippen LogP contribution is -2.30. The van der Waals surface area contributed by atoms with Crippen LogP contribution in [0.15, 0.2) is 30.3 Å². The number of methoxy groups -OCH3 is 2. The molecular weight excluding hydrogens is 184 g/mol. The largest absolute Gasteiger partial charge is 0.464 e. The molecule has 1 aromatic carbocycles. The van der Waals surface area contributed by atoms with Crippen LogP contribution in [0, 0.1) is 0 Å². The predicted molar refractivity (Wildman–Crippen MR) is 49.9 cm³/mol. The average Bonchev–Trinajstić information content (AvgIpc) is 2.26. The molecule has 0 aliphatic rings. The molecule has 0 aromatic heterocycles. The number of hydrogen-bond donors (Lipinski definition) is 0. The van der Waals surface area contributed by atoms with E-state index in [2.05, 4.69) is 4.74 Å². The van der Waals surface area contributed by atoms with Crippen LogP contribution in [0.25, 0.3) is 0 Å². The van der Waals surface area contributed by atoms with Crippen LogP contribution in [0.4, 0.5) is 0 Å². The van der Waals surface area contributed by atoms with Gasteiger partial charge >= 0.3 is 5.97 Å². The fourth-order valence-electron chi connectivity index (χ4n) is 0.911. The zero-order valence-electron chi connectivity index (χ0n) is 8.10. The summed E-state index contributed by atoms with van der Waals surface area (Å²) in [5.41, 5.74) is 0. The van der Waals surface area contributed by atoms with Crippen molar-refractivity contribution >= 4 is 5.97 Å². The molecule has 1 unspecified atom stereocenters. The van der Waals surface area contributed by atoms with Crippen LogP contribution in [0.5, 0.6) is 5.75 Å². The first kappa shape index (κ1) is 10.5. The molecule has 1 atom stereocenters. The van der Waals surface area contributed by atoms with Crippen molar-refractivity contribution in [2.45, 2.75) is 6.29 Å². The van der Waals surface area contributed by atoms with Crippen molar-refractivity contribution in [3.63, 3.8) is 0 Å². The Morgan fingerprint density at radius 3 is 2.36 bits per heavy atom. The third-order valence-electron chi connectivity index (χ3n) is 1.59. The topological polar surface area (TPSA) is 44.8 Å². The minimum absolute atomic E-state index is 0.559. The molecule has 0 N–H and O–H groups in total. The Hall–Kier alpha value is -1.55. The highest BCUT2D eigenvalue weighted by Gasteiger charge is 2.19. The van der Waals surface area contributed by atoms with Crippen molar-refractivity contribution in [3.05, 3.63) is 30.3 Å². The Balaban J connectivity index is 2.62. The maximum Gasteiger partial charge on any atom is 0.376 e. The second-order valence-electron chi connectivity index (χ2n) is 2.52. The molecule has 4 heteroatoms. The first-order chi connectivity index (χ1) is 6.77. The molecule has 0 spiro atoms. The molecule has 0 saturated heterocycles. The van der Waals surface area contributed by atoms with Gasteiger partial charge in [-0.25, -0.2) is 4.79 Å². The molecule has 1 aromatic rings. The smallest absolute Gasteiger partial charge is 0.376 e. The standard InChI is InChI=1S/C10H12O4/c1-12-9(11)10(13-2)14-8-6-4-3-5-7-8/h3-7,10H,1-2H3. The van der Waals surface area contributed by atoms with E-state index in [4.69, 9.17) is 9.47 Å². The van der Waals surface area contributed by atoms with Crippen molar-refractivity contribution in [2.75, 3.05) is 14.2 Å². The minimum Gasteiger partial charge on any atom is -0.464 e. The van der Waals surface area contributed by atoms with Crippen LogP contribution in [0.1, 0.15) is 0 Å². The van der Waals surface area contributed by atoms with E-state index in [0.717, 1.165) is 0 Å². The second-order valence-corrected chi connectivity index (χ2v) is 2.52. The zero-order chi connectivity index (χ0) is 10.4. The molecule has 0 amide bonds. The molecule has 0 fully saturated rings. The molecule has 76 valence electrons. The maximum absolute atomic E-state index is 11.1. The van der Waals surface area contributed by atoms with Crippen LogP contribution < -0.4 is 4.74 Å². The van der Waals surface area contributed by atoms with E-state index in [1.807, 2.05) is 6.07 Å². The van der Waals surface area contributed by atoms with Gasteiger partial charge in [-0.3, -0.25) is 0 Å². The minimum atomic E-state index is -1.01. The highest BCUT2D eigenvalue weighted by molar-refractivity contribution is 5.73. The lowest BCUT2D eigenvalue weighted by atomic mass is 10.3. The predicted octanol–water partition coefficient (Wildman–Crippen LogP) is 1.21. The summed E-state index contributed by atoms with van der Waals surface area (Å²) in [6.07, 6.45) is -1.01. The Morgan fingerprint density at radius 2 is 1.86 bits per heavy atom. The number of hydrogen-bond acceptors (Lipinski definition) is 4. The maximum atomic E-state index is 11.1. The molecule has 0 saturated carbocycles. The summed E-state index contributed by atoms with van der Waals surface area (Å²) in [4.78, 5) is 11.1. The molecule has 0 radical (unpaired) electrons. The third kappa shape index (κ3) is 2.74. The summed E-state index contributed by atoms with van der Waals surface area (Å²) in [5.74, 6) is 0.00102. The summed E-state index contributed by atoms with van der Waals surface area (Å²) in [5, 5.41) is 0. The summed E-state index contributed by atoms with van der Waals surface area (Å²) in [6.45, 7) is 0. The lowest BCUT2D eigenvalue weighted by Gasteiger charge is -2.14. The van der Waals surface area contributed by atoms with Crippen LogP contribution >= 0.6 is 0 Å². The van der Waals surface area contributed by atoms with Crippen LogP contribution in [0.3, 0.4) is 0 Å². The molecular formula is C10H12O4. The first-order valence-electron chi connectivity index (χ1n) is 4.10. The number of benzene rings is 1. The third-order valence-corrected chi connectivity index (χ3v) is 1.59. The van der Waals surface area contributed by atoms with Gasteiger partial charge in [-0.1, -0.05) is 18.2 Å². The van der Waals surface area contributed by atoms with Crippen molar-refractivity contribution < 1.29 is 19.0 Å². The van der Waals surface area contributed by atoms with Crippen molar-refractivity contribution in [1.29, 1.82) is 0 Å². The van der Waals surface area contributed by atoms with Crippen LogP contribution in [-0.4, -0.2) is 26.5 Å². The molecule has 0 bridgehead atoms. The van der Waals surface area contributed by atoms with Crippen molar-refractivity contribution in [2.24, 2.45) is 0 Å². The van der Waals surface area contributed by atoms with Gasteiger partial charge in [0.15, 0.2) is 0 Å². The molecule has 0 aliphatic heterocycles. The van der Waals surface area contributed by atoms with E-state index in [0.29, 0.717) is 5.75 Å². The highest BCUT2D eigenvalue weighted by Crippen LogP contribution is 2.11. The van der Waals surface area contributed by atoms with Gasteiger partial charge in [0, 0.05) is 7.11 Å². The van der Waals surface area contributed by atoms with E-state index in [9.17, 15) is 4.79 Å². The summed E-state index contributed by atoms with van der Waals surface area (Å²) < 4.78 is 14.5. The summed E-state index contributed by atoms with van der Waals surface area (Å²) >= 11 is 0. The number of carbonyl (C=O) groups is 1. The SMILES string of the molecule is COC(=O)C(OC)Oc1ccccc1. The van der Waals surface area contributed by atoms with Crippen molar-refractivity contribution in [3.8, 4) is 5.75 Å². The number of rotatable bonds is 4. The lowest BCUT2D eigenvalue weighted by molar-refractivity contribution is -0.170. The Labute approximate surface area is 82.4 Å². The van der Waals surface area contributed by atoms with E-state index in [1.165, 1.54) is 14.2 Å². The Morgan fingerprint density at radius 1 is 1.21 bits per heavy atom. The number of para-hydroxylation sites is 1. The number of esters is 1. The second kappa shape index (κ2) is 5.24. The van der Waals surface area contributed by atoms with E-state index in [1.54, 1.807) is 24.3 Å². The summed E-state index contributed by atoms with van der Waals surface area (Å²) in [7, 11) is 2.66. The number of carbonyl (C=O) groups excluding carboxylic acids is 1. The average molecular weight is 196 g/mol. The van der Waals surface area contributed by atoms with Gasteiger partial charge in [-0.05, 0) is 12.1 Å². The Kier molecular flexibility index (Phi) is 3.94. The van der Waals surface area contributed by atoms with Gasteiger partial charge in [0.2, 0.25) is 0 Å². The van der Waals surface area contributed by atoms with Crippen LogP contribution in [-0.2, 0) is 14.3 Å². The zero-order valence-corrected chi connectivity index (χ0v) is 8.10. The molecule has 4 nitrogen and oxygen atoms in total. The van der Waals surface area contributed by atoms with Gasteiger partial charge in [0.1, 0.15) is 5.75 Å². The van der Waals surface area contributed by atoms with Gasteiger partial charge < -0.3 is 14.2 Å². The molecule has 0 aliphatic carbocycles. The van der Waals surface area contributed by atoms with E-state index < -0.39 is 12.3 Å². The van der Waals surface area contributed by atoms with Crippen molar-refractivity contribution in [1.82, 2.24) is 0 Å². The van der Waals surface area contributed by atoms with Gasteiger partial charge in [-0.2, -0.15) is 0 Å². The van der Waals surface area contributed by atoms with Gasteiger partial charge in [0.05, 0.1) is 7.11 Å². The van der Waals surface area contributed by atoms with E-state index in [-0.39, 0.29) is 0 Å². The quantitative estimate of drug-likeness (QED) is 0.536. The highest BCUT2D eigenvalue weighted by atomic mass is 16.7. The summed E-state index contributed by atoms with van der Waals surface area (Å²) in [6, 6.07) is 8.93. The normalized spacial score (nSPS) is 11.9. The molecule has 14 heavy (non-hydrogen) atoms. The fourth-order valence-corrected chi connectivity index (χ4v) is 0.911. The monoisotopic (exact) mass is 196 g/mol. The molecule has 0 heterocycles. The Bertz CT molecular complexity index is 283. The van der Waals surface area contributed by atoms with Gasteiger partial charge in [-0.15, -0.1) is 0 Å². The van der Waals surface area contributed by atoms with E-state index >= 15 is 0 Å². The fraction of sp³-hybridized carbons (Fsp3) is 0.300.